The Morgan fingerprint density at radius 3 is 2.61 bits per heavy atom. The van der Waals surface area contributed by atoms with Crippen LogP contribution in [0.1, 0.15) is 55.4 Å². The van der Waals surface area contributed by atoms with Gasteiger partial charge in [0, 0.05) is 39.0 Å². The number of rotatable bonds is 7. The Hall–Kier alpha value is -3.62. The molecule has 3 heterocycles. The van der Waals surface area contributed by atoms with Gasteiger partial charge in [-0.1, -0.05) is 32.0 Å². The fourth-order valence-electron chi connectivity index (χ4n) is 4.00. The number of carbonyl (C=O) groups excluding carboxylic acids is 2. The van der Waals surface area contributed by atoms with Crippen LogP contribution in [0, 0.1) is 5.92 Å². The van der Waals surface area contributed by atoms with Gasteiger partial charge >= 0.3 is 0 Å². The standard InChI is InChI=1S/C24H29N5O4/c1-16(2)15-19(25-17(3)30)23-27-26-21-11-12-28(13-14-29(21)23)24(31)20-9-10-22(33-20)32-18-7-5-4-6-8-18/h4-10,16,19H,11-15H2,1-3H3,(H,25,30)/t19-/m1/s1. The number of para-hydroxylation sites is 1. The first-order chi connectivity index (χ1) is 15.9. The number of nitrogens with zero attached hydrogens (tertiary/aromatic N) is 4. The van der Waals surface area contributed by atoms with Crippen LogP contribution in [0.15, 0.2) is 46.9 Å². The molecule has 174 valence electrons. The van der Waals surface area contributed by atoms with E-state index in [2.05, 4.69) is 29.4 Å². The van der Waals surface area contributed by atoms with Crippen LogP contribution in [0.2, 0.25) is 0 Å². The molecule has 0 unspecified atom stereocenters. The minimum Gasteiger partial charge on any atom is -0.426 e. The Balaban J connectivity index is 1.45. The van der Waals surface area contributed by atoms with E-state index in [0.29, 0.717) is 37.7 Å². The average Bonchev–Trinajstić information content (AvgIpc) is 3.35. The summed E-state index contributed by atoms with van der Waals surface area (Å²) in [5.41, 5.74) is 0. The second kappa shape index (κ2) is 9.89. The zero-order valence-electron chi connectivity index (χ0n) is 19.2. The molecule has 1 aromatic carbocycles. The first-order valence-corrected chi connectivity index (χ1v) is 11.2. The van der Waals surface area contributed by atoms with Crippen LogP contribution in [0.25, 0.3) is 0 Å². The van der Waals surface area contributed by atoms with Crippen molar-refractivity contribution in [2.24, 2.45) is 5.92 Å². The Morgan fingerprint density at radius 2 is 1.88 bits per heavy atom. The number of carbonyl (C=O) groups is 2. The van der Waals surface area contributed by atoms with Gasteiger partial charge in [-0.05, 0) is 30.5 Å². The molecule has 9 heteroatoms. The number of fused-ring (bicyclic) bond motifs is 1. The zero-order chi connectivity index (χ0) is 23.4. The van der Waals surface area contributed by atoms with Crippen molar-refractivity contribution < 1.29 is 18.7 Å². The molecular weight excluding hydrogens is 422 g/mol. The number of nitrogens with one attached hydrogen (secondary N) is 1. The molecule has 0 fully saturated rings. The first-order valence-electron chi connectivity index (χ1n) is 11.2. The van der Waals surface area contributed by atoms with Gasteiger partial charge in [0.05, 0.1) is 6.04 Å². The van der Waals surface area contributed by atoms with Crippen molar-refractivity contribution in [3.8, 4) is 11.7 Å². The molecule has 2 amide bonds. The Kier molecular flexibility index (Phi) is 6.76. The minimum atomic E-state index is -0.214. The zero-order valence-corrected chi connectivity index (χ0v) is 19.2. The quantitative estimate of drug-likeness (QED) is 0.589. The molecule has 0 aliphatic carbocycles. The third kappa shape index (κ3) is 5.42. The Bertz CT molecular complexity index is 1110. The van der Waals surface area contributed by atoms with Gasteiger partial charge in [-0.15, -0.1) is 10.2 Å². The molecule has 1 atom stereocenters. The van der Waals surface area contributed by atoms with Crippen molar-refractivity contribution in [2.75, 3.05) is 13.1 Å². The number of hydrogen-bond donors (Lipinski definition) is 1. The predicted molar refractivity (Wildman–Crippen MR) is 121 cm³/mol. The van der Waals surface area contributed by atoms with Crippen molar-refractivity contribution in [3.63, 3.8) is 0 Å². The van der Waals surface area contributed by atoms with Gasteiger partial charge in [0.25, 0.3) is 11.9 Å². The molecule has 1 aliphatic rings. The van der Waals surface area contributed by atoms with Gasteiger partial charge < -0.3 is 23.9 Å². The second-order valence-corrected chi connectivity index (χ2v) is 8.58. The van der Waals surface area contributed by atoms with E-state index in [1.807, 2.05) is 34.9 Å². The van der Waals surface area contributed by atoms with Crippen molar-refractivity contribution in [2.45, 2.75) is 46.2 Å². The summed E-state index contributed by atoms with van der Waals surface area (Å²) in [5.74, 6) is 2.77. The van der Waals surface area contributed by atoms with Gasteiger partial charge in [0.2, 0.25) is 5.91 Å². The molecular formula is C24H29N5O4. The van der Waals surface area contributed by atoms with Crippen LogP contribution in [-0.4, -0.2) is 44.6 Å². The lowest BCUT2D eigenvalue weighted by atomic mass is 10.0. The van der Waals surface area contributed by atoms with E-state index in [1.54, 1.807) is 17.0 Å². The number of aromatic nitrogens is 3. The normalized spacial score (nSPS) is 14.5. The fourth-order valence-corrected chi connectivity index (χ4v) is 4.00. The summed E-state index contributed by atoms with van der Waals surface area (Å²) in [6.45, 7) is 7.25. The fraction of sp³-hybridized carbons (Fsp3) is 0.417. The summed E-state index contributed by atoms with van der Waals surface area (Å²) in [6, 6.07) is 12.3. The summed E-state index contributed by atoms with van der Waals surface area (Å²) in [7, 11) is 0. The topological polar surface area (TPSA) is 102 Å². The van der Waals surface area contributed by atoms with E-state index < -0.39 is 0 Å². The Morgan fingerprint density at radius 1 is 1.09 bits per heavy atom. The Labute approximate surface area is 192 Å². The summed E-state index contributed by atoms with van der Waals surface area (Å²) in [5, 5.41) is 11.7. The summed E-state index contributed by atoms with van der Waals surface area (Å²) in [4.78, 5) is 26.6. The number of hydrogen-bond acceptors (Lipinski definition) is 6. The lowest BCUT2D eigenvalue weighted by Gasteiger charge is -2.21. The smallest absolute Gasteiger partial charge is 0.290 e. The highest BCUT2D eigenvalue weighted by Gasteiger charge is 2.28. The van der Waals surface area contributed by atoms with Gasteiger partial charge in [-0.3, -0.25) is 9.59 Å². The molecule has 0 spiro atoms. The molecule has 0 saturated heterocycles. The molecule has 4 rings (SSSR count). The monoisotopic (exact) mass is 451 g/mol. The van der Waals surface area contributed by atoms with Crippen molar-refractivity contribution >= 4 is 11.8 Å². The highest BCUT2D eigenvalue weighted by molar-refractivity contribution is 5.91. The van der Waals surface area contributed by atoms with E-state index in [4.69, 9.17) is 9.15 Å². The summed E-state index contributed by atoms with van der Waals surface area (Å²) >= 11 is 0. The maximum Gasteiger partial charge on any atom is 0.290 e. The number of benzene rings is 1. The van der Waals surface area contributed by atoms with Gasteiger partial charge in [0.15, 0.2) is 11.6 Å². The van der Waals surface area contributed by atoms with Crippen LogP contribution in [-0.2, 0) is 17.8 Å². The third-order valence-electron chi connectivity index (χ3n) is 5.49. The van der Waals surface area contributed by atoms with Gasteiger partial charge in [-0.25, -0.2) is 0 Å². The maximum absolute atomic E-state index is 13.1. The molecule has 0 saturated carbocycles. The molecule has 1 N–H and O–H groups in total. The summed E-state index contributed by atoms with van der Waals surface area (Å²) < 4.78 is 13.4. The molecule has 1 aliphatic heterocycles. The van der Waals surface area contributed by atoms with Crippen LogP contribution >= 0.6 is 0 Å². The van der Waals surface area contributed by atoms with Crippen LogP contribution in [0.4, 0.5) is 0 Å². The van der Waals surface area contributed by atoms with E-state index in [-0.39, 0.29) is 29.6 Å². The molecule has 0 bridgehead atoms. The second-order valence-electron chi connectivity index (χ2n) is 8.58. The SMILES string of the molecule is CC(=O)N[C@H](CC(C)C)c1nnc2n1CCN(C(=O)c1ccc(Oc3ccccc3)o1)CC2. The third-order valence-corrected chi connectivity index (χ3v) is 5.49. The number of furan rings is 1. The molecule has 9 nitrogen and oxygen atoms in total. The van der Waals surface area contributed by atoms with Crippen LogP contribution in [0.3, 0.4) is 0 Å². The molecule has 0 radical (unpaired) electrons. The highest BCUT2D eigenvalue weighted by Crippen LogP contribution is 2.25. The van der Waals surface area contributed by atoms with E-state index in [0.717, 1.165) is 18.1 Å². The maximum atomic E-state index is 13.1. The average molecular weight is 452 g/mol. The predicted octanol–water partition coefficient (Wildman–Crippen LogP) is 3.59. The first kappa shape index (κ1) is 22.6. The number of amides is 2. The van der Waals surface area contributed by atoms with Crippen molar-refractivity contribution in [1.29, 1.82) is 0 Å². The lowest BCUT2D eigenvalue weighted by molar-refractivity contribution is -0.119. The van der Waals surface area contributed by atoms with E-state index >= 15 is 0 Å². The summed E-state index contributed by atoms with van der Waals surface area (Å²) in [6.07, 6.45) is 1.33. The lowest BCUT2D eigenvalue weighted by Crippen LogP contribution is -2.34. The molecule has 3 aromatic rings. The largest absolute Gasteiger partial charge is 0.426 e. The van der Waals surface area contributed by atoms with Gasteiger partial charge in [-0.2, -0.15) is 0 Å². The van der Waals surface area contributed by atoms with Crippen LogP contribution in [0.5, 0.6) is 11.7 Å². The molecule has 2 aromatic heterocycles. The van der Waals surface area contributed by atoms with Crippen molar-refractivity contribution in [3.05, 3.63) is 59.9 Å². The van der Waals surface area contributed by atoms with E-state index in [1.165, 1.54) is 6.92 Å². The van der Waals surface area contributed by atoms with E-state index in [9.17, 15) is 9.59 Å². The number of ether oxygens (including phenoxy) is 1. The van der Waals surface area contributed by atoms with Gasteiger partial charge in [0.1, 0.15) is 11.6 Å². The highest BCUT2D eigenvalue weighted by atomic mass is 16.6. The minimum absolute atomic E-state index is 0.102. The molecule has 33 heavy (non-hydrogen) atoms. The van der Waals surface area contributed by atoms with Crippen LogP contribution < -0.4 is 10.1 Å². The van der Waals surface area contributed by atoms with Crippen molar-refractivity contribution in [1.82, 2.24) is 25.0 Å².